The third-order valence-electron chi connectivity index (χ3n) is 3.95. The number of hydrogen-bond donors (Lipinski definition) is 0. The molecule has 1 aromatic heterocycles. The molecule has 0 aliphatic heterocycles. The molecule has 1 atom stereocenters. The molecule has 3 rings (SSSR count). The largest absolute Gasteiger partial charge is 0.299 e. The Hall–Kier alpha value is -1.38. The molecular formula is C17H15Cl2NO. The molecule has 0 saturated carbocycles. The number of pyridine rings is 1. The van der Waals surface area contributed by atoms with Gasteiger partial charge in [0.05, 0.1) is 21.7 Å². The minimum Gasteiger partial charge on any atom is -0.299 e. The van der Waals surface area contributed by atoms with Crippen molar-refractivity contribution in [1.29, 1.82) is 0 Å². The molecule has 1 aliphatic rings. The van der Waals surface area contributed by atoms with Crippen LogP contribution in [0.5, 0.6) is 0 Å². The van der Waals surface area contributed by atoms with Crippen LogP contribution in [0.15, 0.2) is 36.5 Å². The first-order valence-corrected chi connectivity index (χ1v) is 7.81. The molecule has 0 amide bonds. The number of nitrogens with zero attached hydrogens (tertiary/aromatic N) is 1. The summed E-state index contributed by atoms with van der Waals surface area (Å²) in [7, 11) is 0. The van der Waals surface area contributed by atoms with Gasteiger partial charge in [0, 0.05) is 12.6 Å². The number of Topliss-reactive ketones (excluding diaryl/α,β-unsaturated/α-hetero) is 1. The predicted molar refractivity (Wildman–Crippen MR) is 85.1 cm³/mol. The van der Waals surface area contributed by atoms with Gasteiger partial charge in [0.2, 0.25) is 0 Å². The predicted octanol–water partition coefficient (Wildman–Crippen LogP) is 4.62. The van der Waals surface area contributed by atoms with E-state index in [0.29, 0.717) is 16.5 Å². The van der Waals surface area contributed by atoms with Crippen LogP contribution in [-0.2, 0) is 17.6 Å². The van der Waals surface area contributed by atoms with E-state index in [9.17, 15) is 4.79 Å². The van der Waals surface area contributed by atoms with Crippen LogP contribution >= 0.6 is 23.2 Å². The second kappa shape index (κ2) is 6.17. The van der Waals surface area contributed by atoms with Gasteiger partial charge < -0.3 is 0 Å². The molecule has 1 aliphatic carbocycles. The minimum atomic E-state index is -0.0931. The fourth-order valence-corrected chi connectivity index (χ4v) is 3.22. The Balaban J connectivity index is 1.81. The van der Waals surface area contributed by atoms with E-state index >= 15 is 0 Å². The van der Waals surface area contributed by atoms with E-state index in [-0.39, 0.29) is 11.7 Å². The Morgan fingerprint density at radius 2 is 2.10 bits per heavy atom. The van der Waals surface area contributed by atoms with Crippen LogP contribution in [0.2, 0.25) is 10.0 Å². The number of aromatic nitrogens is 1. The Bertz CT molecular complexity index is 684. The van der Waals surface area contributed by atoms with Crippen molar-refractivity contribution in [2.75, 3.05) is 0 Å². The van der Waals surface area contributed by atoms with Gasteiger partial charge in [-0.2, -0.15) is 0 Å². The number of fused-ring (bicyclic) bond motifs is 1. The smallest absolute Gasteiger partial charge is 0.146 e. The maximum absolute atomic E-state index is 12.6. The number of benzene rings is 1. The second-order valence-electron chi connectivity index (χ2n) is 5.38. The lowest BCUT2D eigenvalue weighted by Crippen LogP contribution is -2.21. The van der Waals surface area contributed by atoms with Crippen molar-refractivity contribution in [1.82, 2.24) is 4.98 Å². The summed E-state index contributed by atoms with van der Waals surface area (Å²) in [5.41, 5.74) is 3.06. The highest BCUT2D eigenvalue weighted by Gasteiger charge is 2.27. The number of hydrogen-bond acceptors (Lipinski definition) is 2. The zero-order chi connectivity index (χ0) is 14.8. The summed E-state index contributed by atoms with van der Waals surface area (Å²) in [6.07, 6.45) is 5.07. The first kappa shape index (κ1) is 14.6. The fraction of sp³-hybridized carbons (Fsp3) is 0.294. The first-order chi connectivity index (χ1) is 10.1. The molecule has 0 fully saturated rings. The lowest BCUT2D eigenvalue weighted by atomic mass is 9.82. The average Bonchev–Trinajstić information content (AvgIpc) is 2.50. The van der Waals surface area contributed by atoms with Crippen molar-refractivity contribution in [2.45, 2.75) is 31.6 Å². The number of halogens is 2. The molecule has 1 aromatic carbocycles. The second-order valence-corrected chi connectivity index (χ2v) is 6.20. The van der Waals surface area contributed by atoms with Crippen LogP contribution < -0.4 is 0 Å². The third kappa shape index (κ3) is 3.12. The van der Waals surface area contributed by atoms with Gasteiger partial charge in [-0.3, -0.25) is 9.78 Å². The molecule has 1 unspecified atom stereocenters. The third-order valence-corrected chi connectivity index (χ3v) is 4.69. The Labute approximate surface area is 134 Å². The molecule has 108 valence electrons. The quantitative estimate of drug-likeness (QED) is 0.826. The van der Waals surface area contributed by atoms with Crippen LogP contribution in [0, 0.1) is 0 Å². The molecule has 1 heterocycles. The van der Waals surface area contributed by atoms with Gasteiger partial charge in [-0.1, -0.05) is 35.3 Å². The summed E-state index contributed by atoms with van der Waals surface area (Å²) in [5, 5.41) is 1.00. The molecule has 2 aromatic rings. The maximum atomic E-state index is 12.6. The zero-order valence-electron chi connectivity index (χ0n) is 11.5. The molecule has 0 N–H and O–H groups in total. The van der Waals surface area contributed by atoms with Gasteiger partial charge in [-0.15, -0.1) is 0 Å². The van der Waals surface area contributed by atoms with Crippen molar-refractivity contribution in [3.63, 3.8) is 0 Å². The molecule has 21 heavy (non-hydrogen) atoms. The molecule has 0 radical (unpaired) electrons. The summed E-state index contributed by atoms with van der Waals surface area (Å²) in [5.74, 6) is 0.109. The monoisotopic (exact) mass is 319 g/mol. The number of aryl methyl sites for hydroxylation is 1. The van der Waals surface area contributed by atoms with E-state index < -0.39 is 0 Å². The van der Waals surface area contributed by atoms with E-state index in [1.807, 2.05) is 12.1 Å². The van der Waals surface area contributed by atoms with Crippen LogP contribution in [0.1, 0.15) is 35.6 Å². The Morgan fingerprint density at radius 1 is 1.24 bits per heavy atom. The highest BCUT2D eigenvalue weighted by atomic mass is 35.5. The van der Waals surface area contributed by atoms with E-state index in [1.54, 1.807) is 18.3 Å². The van der Waals surface area contributed by atoms with Crippen molar-refractivity contribution in [3.8, 4) is 0 Å². The number of ketones is 1. The van der Waals surface area contributed by atoms with Crippen molar-refractivity contribution >= 4 is 29.0 Å². The van der Waals surface area contributed by atoms with Gasteiger partial charge in [0.25, 0.3) is 0 Å². The Morgan fingerprint density at radius 3 is 2.90 bits per heavy atom. The summed E-state index contributed by atoms with van der Waals surface area (Å²) < 4.78 is 0. The van der Waals surface area contributed by atoms with Crippen LogP contribution in [0.3, 0.4) is 0 Å². The van der Waals surface area contributed by atoms with E-state index in [0.717, 1.165) is 30.5 Å². The maximum Gasteiger partial charge on any atom is 0.146 e. The van der Waals surface area contributed by atoms with Crippen molar-refractivity contribution in [2.24, 2.45) is 0 Å². The minimum absolute atomic E-state index is 0.0931. The van der Waals surface area contributed by atoms with Crippen molar-refractivity contribution < 1.29 is 4.79 Å². The summed E-state index contributed by atoms with van der Waals surface area (Å²) in [6.45, 7) is 0. The lowest BCUT2D eigenvalue weighted by molar-refractivity contribution is -0.120. The number of carbonyl (C=O) groups excluding carboxylic acids is 1. The molecule has 4 heteroatoms. The highest BCUT2D eigenvalue weighted by Crippen LogP contribution is 2.32. The van der Waals surface area contributed by atoms with E-state index in [2.05, 4.69) is 11.1 Å². The SMILES string of the molecule is O=C(Cc1ccc(Cl)c(Cl)c1)C1CCCc2cccnc21. The fourth-order valence-electron chi connectivity index (χ4n) is 2.90. The van der Waals surface area contributed by atoms with Gasteiger partial charge >= 0.3 is 0 Å². The van der Waals surface area contributed by atoms with Crippen LogP contribution in [0.25, 0.3) is 0 Å². The summed E-state index contributed by atoms with van der Waals surface area (Å²) >= 11 is 11.9. The normalized spacial score (nSPS) is 17.3. The van der Waals surface area contributed by atoms with Crippen LogP contribution in [-0.4, -0.2) is 10.8 Å². The Kier molecular flexibility index (Phi) is 4.27. The van der Waals surface area contributed by atoms with E-state index in [1.165, 1.54) is 5.56 Å². The molecule has 0 bridgehead atoms. The van der Waals surface area contributed by atoms with Crippen molar-refractivity contribution in [3.05, 3.63) is 63.4 Å². The van der Waals surface area contributed by atoms with Gasteiger partial charge in [-0.25, -0.2) is 0 Å². The number of rotatable bonds is 3. The summed E-state index contributed by atoms with van der Waals surface area (Å²) in [4.78, 5) is 17.0. The molecular weight excluding hydrogens is 305 g/mol. The first-order valence-electron chi connectivity index (χ1n) is 7.05. The number of carbonyl (C=O) groups is 1. The highest BCUT2D eigenvalue weighted by molar-refractivity contribution is 6.42. The summed E-state index contributed by atoms with van der Waals surface area (Å²) in [6, 6.07) is 9.36. The standard InChI is InChI=1S/C17H15Cl2NO/c18-14-7-6-11(9-15(14)19)10-16(21)13-5-1-3-12-4-2-8-20-17(12)13/h2,4,6-9,13H,1,3,5,10H2. The van der Waals surface area contributed by atoms with E-state index in [4.69, 9.17) is 23.2 Å². The zero-order valence-corrected chi connectivity index (χ0v) is 13.0. The lowest BCUT2D eigenvalue weighted by Gasteiger charge is -2.23. The topological polar surface area (TPSA) is 30.0 Å². The van der Waals surface area contributed by atoms with Gasteiger partial charge in [0.1, 0.15) is 5.78 Å². The average molecular weight is 320 g/mol. The molecule has 2 nitrogen and oxygen atoms in total. The molecule has 0 spiro atoms. The van der Waals surface area contributed by atoms with Gasteiger partial charge in [0.15, 0.2) is 0 Å². The molecule has 0 saturated heterocycles. The van der Waals surface area contributed by atoms with Gasteiger partial charge in [-0.05, 0) is 48.6 Å². The van der Waals surface area contributed by atoms with Crippen LogP contribution in [0.4, 0.5) is 0 Å².